The van der Waals surface area contributed by atoms with Crippen LogP contribution in [0, 0.1) is 5.92 Å². The van der Waals surface area contributed by atoms with Gasteiger partial charge >= 0.3 is 11.9 Å². The second-order valence-corrected chi connectivity index (χ2v) is 6.88. The number of carbonyl (C=O) groups is 2. The van der Waals surface area contributed by atoms with E-state index in [1.165, 1.54) is 0 Å². The summed E-state index contributed by atoms with van der Waals surface area (Å²) < 4.78 is 10.7. The fraction of sp³-hybridized carbons (Fsp3) is 0.600. The van der Waals surface area contributed by atoms with Gasteiger partial charge in [0.15, 0.2) is 0 Å². The van der Waals surface area contributed by atoms with Gasteiger partial charge in [-0.3, -0.25) is 9.59 Å². The van der Waals surface area contributed by atoms with Crippen LogP contribution in [0.1, 0.15) is 58.4 Å². The van der Waals surface area contributed by atoms with Crippen LogP contribution in [0.15, 0.2) is 24.3 Å². The van der Waals surface area contributed by atoms with Gasteiger partial charge in [-0.25, -0.2) is 0 Å². The summed E-state index contributed by atoms with van der Waals surface area (Å²) in [7, 11) is 0. The largest absolute Gasteiger partial charge is 0.465 e. The number of benzene rings is 1. The molecule has 0 spiro atoms. The van der Waals surface area contributed by atoms with Gasteiger partial charge < -0.3 is 9.47 Å². The molecule has 1 aromatic rings. The van der Waals surface area contributed by atoms with Gasteiger partial charge in [0, 0.05) is 24.3 Å². The predicted octanol–water partition coefficient (Wildman–Crippen LogP) is 4.96. The standard InChI is InChI=1S/C20H29ClO4/c1-4-8-18(15(2)3)25-20(23)12-7-11-19(22)24-14-13-16-9-5-6-10-17(16)21/h5-6,9-10,15,18H,4,7-8,11-14H2,1-3H3. The maximum Gasteiger partial charge on any atom is 0.306 e. The van der Waals surface area contributed by atoms with E-state index in [0.717, 1.165) is 18.4 Å². The number of halogens is 1. The van der Waals surface area contributed by atoms with Gasteiger partial charge in [0.1, 0.15) is 6.10 Å². The van der Waals surface area contributed by atoms with E-state index in [1.807, 2.05) is 38.1 Å². The predicted molar refractivity (Wildman–Crippen MR) is 99.6 cm³/mol. The van der Waals surface area contributed by atoms with Crippen molar-refractivity contribution in [1.29, 1.82) is 0 Å². The maximum atomic E-state index is 11.9. The highest BCUT2D eigenvalue weighted by Gasteiger charge is 2.17. The lowest BCUT2D eigenvalue weighted by molar-refractivity contribution is -0.152. The Hall–Kier alpha value is -1.55. The lowest BCUT2D eigenvalue weighted by atomic mass is 10.0. The summed E-state index contributed by atoms with van der Waals surface area (Å²) in [5.74, 6) is -0.233. The molecule has 0 heterocycles. The summed E-state index contributed by atoms with van der Waals surface area (Å²) in [6.45, 7) is 6.45. The molecule has 0 saturated carbocycles. The van der Waals surface area contributed by atoms with Crippen LogP contribution >= 0.6 is 11.6 Å². The first-order chi connectivity index (χ1) is 11.9. The number of rotatable bonds is 11. The Morgan fingerprint density at radius 2 is 1.80 bits per heavy atom. The molecule has 0 N–H and O–H groups in total. The van der Waals surface area contributed by atoms with E-state index in [-0.39, 0.29) is 30.9 Å². The Morgan fingerprint density at radius 3 is 2.44 bits per heavy atom. The topological polar surface area (TPSA) is 52.6 Å². The SMILES string of the molecule is CCCC(OC(=O)CCCC(=O)OCCc1ccccc1Cl)C(C)C. The first-order valence-corrected chi connectivity index (χ1v) is 9.40. The summed E-state index contributed by atoms with van der Waals surface area (Å²) in [4.78, 5) is 23.6. The molecule has 0 aliphatic heterocycles. The fourth-order valence-electron chi connectivity index (χ4n) is 2.47. The second kappa shape index (κ2) is 11.9. The van der Waals surface area contributed by atoms with E-state index >= 15 is 0 Å². The zero-order valence-corrected chi connectivity index (χ0v) is 16.2. The lowest BCUT2D eigenvalue weighted by Crippen LogP contribution is -2.23. The monoisotopic (exact) mass is 368 g/mol. The van der Waals surface area contributed by atoms with Gasteiger partial charge in [-0.05, 0) is 30.4 Å². The Morgan fingerprint density at radius 1 is 1.12 bits per heavy atom. The van der Waals surface area contributed by atoms with Crippen molar-refractivity contribution in [3.63, 3.8) is 0 Å². The van der Waals surface area contributed by atoms with Crippen LogP contribution in [0.3, 0.4) is 0 Å². The molecule has 0 radical (unpaired) electrons. The average Bonchev–Trinajstić information content (AvgIpc) is 2.56. The zero-order valence-electron chi connectivity index (χ0n) is 15.4. The summed E-state index contributed by atoms with van der Waals surface area (Å²) in [6.07, 6.45) is 3.30. The summed E-state index contributed by atoms with van der Waals surface area (Å²) >= 11 is 6.05. The van der Waals surface area contributed by atoms with Crippen molar-refractivity contribution < 1.29 is 19.1 Å². The molecule has 0 amide bonds. The third-order valence-corrected chi connectivity index (χ3v) is 4.32. The van der Waals surface area contributed by atoms with Gasteiger partial charge in [-0.1, -0.05) is 57.0 Å². The molecule has 0 aliphatic carbocycles. The minimum Gasteiger partial charge on any atom is -0.465 e. The Kier molecular flexibility index (Phi) is 10.2. The molecule has 5 heteroatoms. The van der Waals surface area contributed by atoms with Gasteiger partial charge in [0.05, 0.1) is 6.61 Å². The summed E-state index contributed by atoms with van der Waals surface area (Å²) in [5, 5.41) is 0.674. The fourth-order valence-corrected chi connectivity index (χ4v) is 2.70. The van der Waals surface area contributed by atoms with Gasteiger partial charge in [-0.15, -0.1) is 0 Å². The maximum absolute atomic E-state index is 11.9. The molecule has 0 bridgehead atoms. The van der Waals surface area contributed by atoms with Crippen molar-refractivity contribution in [2.45, 2.75) is 65.4 Å². The molecule has 0 aromatic heterocycles. The van der Waals surface area contributed by atoms with Crippen molar-refractivity contribution in [1.82, 2.24) is 0 Å². The molecule has 0 fully saturated rings. The van der Waals surface area contributed by atoms with Crippen LogP contribution in [0.4, 0.5) is 0 Å². The normalized spacial score (nSPS) is 12.0. The van der Waals surface area contributed by atoms with Crippen LogP contribution in [0.5, 0.6) is 0 Å². The molecular weight excluding hydrogens is 340 g/mol. The first kappa shape index (κ1) is 21.5. The highest BCUT2D eigenvalue weighted by Crippen LogP contribution is 2.16. The quantitative estimate of drug-likeness (QED) is 0.518. The molecule has 1 aromatic carbocycles. The van der Waals surface area contributed by atoms with Crippen molar-refractivity contribution >= 4 is 23.5 Å². The van der Waals surface area contributed by atoms with Crippen molar-refractivity contribution in [2.75, 3.05) is 6.61 Å². The lowest BCUT2D eigenvalue weighted by Gasteiger charge is -2.20. The minimum atomic E-state index is -0.297. The van der Waals surface area contributed by atoms with Crippen LogP contribution in [-0.2, 0) is 25.5 Å². The second-order valence-electron chi connectivity index (χ2n) is 6.48. The number of hydrogen-bond donors (Lipinski definition) is 0. The molecule has 0 saturated heterocycles. The molecule has 1 unspecified atom stereocenters. The van der Waals surface area contributed by atoms with E-state index in [4.69, 9.17) is 21.1 Å². The number of carbonyl (C=O) groups excluding carboxylic acids is 2. The molecule has 4 nitrogen and oxygen atoms in total. The summed E-state index contributed by atoms with van der Waals surface area (Å²) in [6, 6.07) is 7.49. The van der Waals surface area contributed by atoms with Crippen LogP contribution in [0.2, 0.25) is 5.02 Å². The molecule has 25 heavy (non-hydrogen) atoms. The molecule has 140 valence electrons. The van der Waals surface area contributed by atoms with E-state index in [0.29, 0.717) is 30.4 Å². The van der Waals surface area contributed by atoms with Gasteiger partial charge in [0.2, 0.25) is 0 Å². The highest BCUT2D eigenvalue weighted by atomic mass is 35.5. The smallest absolute Gasteiger partial charge is 0.306 e. The number of esters is 2. The Bertz CT molecular complexity index is 542. The van der Waals surface area contributed by atoms with Gasteiger partial charge in [-0.2, -0.15) is 0 Å². The molecular formula is C20H29ClO4. The number of ether oxygens (including phenoxy) is 2. The van der Waals surface area contributed by atoms with Crippen molar-refractivity contribution in [3.8, 4) is 0 Å². The Labute approximate surface area is 155 Å². The summed E-state index contributed by atoms with van der Waals surface area (Å²) in [5.41, 5.74) is 0.955. The van der Waals surface area contributed by atoms with E-state index in [1.54, 1.807) is 0 Å². The van der Waals surface area contributed by atoms with E-state index < -0.39 is 0 Å². The Balaban J connectivity index is 2.19. The molecule has 1 rings (SSSR count). The molecule has 1 atom stereocenters. The van der Waals surface area contributed by atoms with E-state index in [2.05, 4.69) is 6.92 Å². The van der Waals surface area contributed by atoms with Crippen LogP contribution in [0.25, 0.3) is 0 Å². The average molecular weight is 369 g/mol. The number of hydrogen-bond acceptors (Lipinski definition) is 4. The minimum absolute atomic E-state index is 0.0416. The first-order valence-electron chi connectivity index (χ1n) is 9.02. The molecule has 0 aliphatic rings. The zero-order chi connectivity index (χ0) is 18.7. The van der Waals surface area contributed by atoms with Crippen LogP contribution < -0.4 is 0 Å². The third-order valence-electron chi connectivity index (χ3n) is 3.95. The van der Waals surface area contributed by atoms with Gasteiger partial charge in [0.25, 0.3) is 0 Å². The third kappa shape index (κ3) is 8.92. The van der Waals surface area contributed by atoms with Crippen LogP contribution in [-0.4, -0.2) is 24.6 Å². The highest BCUT2D eigenvalue weighted by molar-refractivity contribution is 6.31. The van der Waals surface area contributed by atoms with Crippen molar-refractivity contribution in [3.05, 3.63) is 34.9 Å². The van der Waals surface area contributed by atoms with Crippen molar-refractivity contribution in [2.24, 2.45) is 5.92 Å². The van der Waals surface area contributed by atoms with E-state index in [9.17, 15) is 9.59 Å².